The van der Waals surface area contributed by atoms with E-state index in [9.17, 15) is 28.0 Å². The SMILES string of the molecule is [2H]C([2H])([2H])c1cc(Br)cc2c1O[C@H](C(F)(F)F)C(C(=O)OCO/N=[N+](\[O-])N(C)CC(=O)O)=C2. The molecule has 14 heteroatoms. The Labute approximate surface area is 180 Å². The van der Waals surface area contributed by atoms with E-state index in [4.69, 9.17) is 14.0 Å². The molecule has 1 aromatic rings. The first kappa shape index (κ1) is 19.0. The molecule has 0 radical (unpaired) electrons. The van der Waals surface area contributed by atoms with E-state index in [2.05, 4.69) is 30.8 Å². The molecule has 0 amide bonds. The highest BCUT2D eigenvalue weighted by molar-refractivity contribution is 9.10. The molecule has 1 aliphatic heterocycles. The summed E-state index contributed by atoms with van der Waals surface area (Å²) in [6.07, 6.45) is -7.18. The maximum absolute atomic E-state index is 13.6. The van der Waals surface area contributed by atoms with Gasteiger partial charge in [0.05, 0.1) is 17.6 Å². The van der Waals surface area contributed by atoms with E-state index < -0.39 is 61.3 Å². The van der Waals surface area contributed by atoms with Crippen molar-refractivity contribution in [2.75, 3.05) is 20.4 Å². The van der Waals surface area contributed by atoms with Gasteiger partial charge in [0.2, 0.25) is 11.4 Å². The number of hydrazine groups is 1. The predicted molar refractivity (Wildman–Crippen MR) is 95.7 cm³/mol. The lowest BCUT2D eigenvalue weighted by Crippen LogP contribution is -2.41. The zero-order chi connectivity index (χ0) is 25.1. The van der Waals surface area contributed by atoms with Crippen LogP contribution in [0.3, 0.4) is 0 Å². The van der Waals surface area contributed by atoms with Crippen LogP contribution in [0.2, 0.25) is 0 Å². The van der Waals surface area contributed by atoms with Crippen LogP contribution in [0.1, 0.15) is 15.2 Å². The van der Waals surface area contributed by atoms with Crippen LogP contribution >= 0.6 is 15.9 Å². The second kappa shape index (κ2) is 9.19. The molecule has 0 fully saturated rings. The number of esters is 1. The summed E-state index contributed by atoms with van der Waals surface area (Å²) in [5.41, 5.74) is -1.61. The monoisotopic (exact) mass is 500 g/mol. The highest BCUT2D eigenvalue weighted by atomic mass is 79.9. The van der Waals surface area contributed by atoms with Crippen molar-refractivity contribution in [3.05, 3.63) is 38.5 Å². The van der Waals surface area contributed by atoms with Crippen molar-refractivity contribution < 1.29 is 51.3 Å². The molecule has 0 spiro atoms. The van der Waals surface area contributed by atoms with Crippen LogP contribution in [0.25, 0.3) is 6.08 Å². The molecule has 0 aromatic heterocycles. The lowest BCUT2D eigenvalue weighted by molar-refractivity contribution is -0.704. The number of halogens is 4. The van der Waals surface area contributed by atoms with Gasteiger partial charge in [-0.25, -0.2) is 4.79 Å². The van der Waals surface area contributed by atoms with Gasteiger partial charge in [-0.2, -0.15) is 13.2 Å². The Balaban J connectivity index is 2.26. The summed E-state index contributed by atoms with van der Waals surface area (Å²) in [7, 11) is 1.06. The number of ether oxygens (including phenoxy) is 2. The fraction of sp³-hybridized carbons (Fsp3) is 0.375. The second-order valence-electron chi connectivity index (χ2n) is 5.73. The van der Waals surface area contributed by atoms with Gasteiger partial charge in [-0.05, 0) is 30.6 Å². The molecular formula is C16H15BrF3N3O7. The molecule has 0 saturated carbocycles. The van der Waals surface area contributed by atoms with Crippen LogP contribution in [-0.4, -0.2) is 59.7 Å². The van der Waals surface area contributed by atoms with E-state index in [1.54, 1.807) is 0 Å². The maximum atomic E-state index is 13.6. The number of aliphatic carboxylic acids is 1. The number of carboxylic acid groups (broad SMARTS) is 1. The molecule has 1 aliphatic rings. The third kappa shape index (κ3) is 5.75. The topological polar surface area (TPSA) is 124 Å². The van der Waals surface area contributed by atoms with Crippen molar-refractivity contribution in [2.45, 2.75) is 19.1 Å². The summed E-state index contributed by atoms with van der Waals surface area (Å²) in [5, 5.41) is 23.4. The van der Waals surface area contributed by atoms with Crippen molar-refractivity contribution >= 4 is 33.9 Å². The van der Waals surface area contributed by atoms with E-state index >= 15 is 0 Å². The fourth-order valence-electron chi connectivity index (χ4n) is 2.24. The number of carbonyl (C=O) groups excluding carboxylic acids is 1. The van der Waals surface area contributed by atoms with Gasteiger partial charge in [0.1, 0.15) is 5.75 Å². The van der Waals surface area contributed by atoms with Gasteiger partial charge in [0, 0.05) is 14.1 Å². The molecule has 0 aliphatic carbocycles. The Kier molecular flexibility index (Phi) is 5.81. The molecule has 1 N–H and O–H groups in total. The van der Waals surface area contributed by atoms with Gasteiger partial charge in [0.25, 0.3) is 6.79 Å². The molecule has 0 bridgehead atoms. The molecule has 1 aromatic carbocycles. The summed E-state index contributed by atoms with van der Waals surface area (Å²) in [5.74, 6) is -3.45. The van der Waals surface area contributed by atoms with Crippen LogP contribution in [0, 0.1) is 12.1 Å². The molecular weight excluding hydrogens is 483 g/mol. The average molecular weight is 501 g/mol. The number of hydrogen-bond donors (Lipinski definition) is 1. The zero-order valence-corrected chi connectivity index (χ0v) is 16.6. The Bertz CT molecular complexity index is 1000. The van der Waals surface area contributed by atoms with Crippen LogP contribution in [0.15, 0.2) is 27.5 Å². The van der Waals surface area contributed by atoms with E-state index in [0.717, 1.165) is 19.2 Å². The van der Waals surface area contributed by atoms with Gasteiger partial charge in [-0.15, -0.1) is 5.01 Å². The minimum atomic E-state index is -5.11. The number of rotatable bonds is 7. The van der Waals surface area contributed by atoms with Gasteiger partial charge in [-0.3, -0.25) is 4.79 Å². The molecule has 0 unspecified atom stereocenters. The lowest BCUT2D eigenvalue weighted by atomic mass is 9.99. The summed E-state index contributed by atoms with van der Waals surface area (Å²) < 4.78 is 72.9. The first-order valence-electron chi connectivity index (χ1n) is 9.30. The van der Waals surface area contributed by atoms with Gasteiger partial charge < -0.3 is 24.6 Å². The predicted octanol–water partition coefficient (Wildman–Crippen LogP) is 2.79. The minimum absolute atomic E-state index is 0.116. The van der Waals surface area contributed by atoms with Crippen LogP contribution < -0.4 is 4.74 Å². The second-order valence-corrected chi connectivity index (χ2v) is 6.65. The third-order valence-electron chi connectivity index (χ3n) is 3.47. The standard InChI is InChI=1S/C16H15BrF3N3O7/c1-8-3-10(17)4-9-5-11(14(16(18,19)20)30-13(8)9)15(26)28-7-29-21-23(27)22(2)6-12(24)25/h3-5,14H,6-7H2,1-2H3,(H,24,25)/b23-21-/t14-/m0/s1/i1D3. The maximum Gasteiger partial charge on any atom is 0.430 e. The fourth-order valence-corrected chi connectivity index (χ4v) is 2.72. The summed E-state index contributed by atoms with van der Waals surface area (Å²) in [6.45, 7) is -4.63. The van der Waals surface area contributed by atoms with Crippen molar-refractivity contribution in [1.29, 1.82) is 0 Å². The quantitative estimate of drug-likeness (QED) is 0.151. The number of alkyl halides is 3. The molecule has 164 valence electrons. The van der Waals surface area contributed by atoms with E-state index in [0.29, 0.717) is 5.01 Å². The van der Waals surface area contributed by atoms with Crippen molar-refractivity contribution in [1.82, 2.24) is 5.01 Å². The lowest BCUT2D eigenvalue weighted by Gasteiger charge is -2.28. The number of fused-ring (bicyclic) bond motifs is 1. The number of likely N-dealkylation sites (N-methyl/N-ethyl adjacent to an activating group) is 1. The summed E-state index contributed by atoms with van der Waals surface area (Å²) in [4.78, 5) is 26.8. The smallest absolute Gasteiger partial charge is 0.430 e. The van der Waals surface area contributed by atoms with Crippen molar-refractivity contribution in [3.8, 4) is 5.75 Å². The van der Waals surface area contributed by atoms with Crippen molar-refractivity contribution in [2.24, 2.45) is 5.28 Å². The average Bonchev–Trinajstić information content (AvgIpc) is 2.67. The molecule has 2 rings (SSSR count). The Hall–Kier alpha value is -3.03. The van der Waals surface area contributed by atoms with E-state index in [-0.39, 0.29) is 15.0 Å². The first-order valence-corrected chi connectivity index (χ1v) is 8.59. The molecule has 1 heterocycles. The summed E-state index contributed by atoms with van der Waals surface area (Å²) >= 11 is 3.06. The Morgan fingerprint density at radius 2 is 2.20 bits per heavy atom. The van der Waals surface area contributed by atoms with E-state index in [1.165, 1.54) is 6.07 Å². The highest BCUT2D eigenvalue weighted by Crippen LogP contribution is 2.40. The van der Waals surface area contributed by atoms with Crippen LogP contribution in [0.5, 0.6) is 5.75 Å². The Morgan fingerprint density at radius 3 is 2.80 bits per heavy atom. The third-order valence-corrected chi connectivity index (χ3v) is 3.93. The molecule has 1 atom stereocenters. The molecule has 30 heavy (non-hydrogen) atoms. The summed E-state index contributed by atoms with van der Waals surface area (Å²) in [6, 6.07) is 2.34. The number of nitrogens with zero attached hydrogens (tertiary/aromatic N) is 3. The van der Waals surface area contributed by atoms with Gasteiger partial charge in [0.15, 0.2) is 6.54 Å². The first-order chi connectivity index (χ1) is 15.1. The number of carboxylic acids is 1. The normalized spacial score (nSPS) is 18.0. The van der Waals surface area contributed by atoms with Gasteiger partial charge in [-0.1, -0.05) is 15.9 Å². The number of carbonyl (C=O) groups is 2. The highest BCUT2D eigenvalue weighted by Gasteiger charge is 2.49. The number of hydrogen-bond acceptors (Lipinski definition) is 7. The zero-order valence-electron chi connectivity index (χ0n) is 18.0. The molecule has 0 saturated heterocycles. The van der Waals surface area contributed by atoms with Gasteiger partial charge >= 0.3 is 18.1 Å². The van der Waals surface area contributed by atoms with E-state index in [1.807, 2.05) is 0 Å². The number of aryl methyl sites for hydroxylation is 1. The largest absolute Gasteiger partial charge is 0.569 e. The minimum Gasteiger partial charge on any atom is -0.569 e. The Morgan fingerprint density at radius 1 is 1.50 bits per heavy atom. The van der Waals surface area contributed by atoms with Crippen LogP contribution in [-0.2, 0) is 19.2 Å². The van der Waals surface area contributed by atoms with Crippen LogP contribution in [0.4, 0.5) is 13.2 Å². The molecule has 10 nitrogen and oxygen atoms in total. The number of benzene rings is 1. The van der Waals surface area contributed by atoms with Crippen molar-refractivity contribution in [3.63, 3.8) is 0 Å².